The maximum absolute atomic E-state index is 12.6. The zero-order valence-electron chi connectivity index (χ0n) is 18.4. The average molecular weight is 431 g/mol. The van der Waals surface area contributed by atoms with Crippen LogP contribution in [0, 0.1) is 0 Å². The number of hydrogen-bond acceptors (Lipinski definition) is 7. The first-order chi connectivity index (χ1) is 15.0. The van der Waals surface area contributed by atoms with E-state index in [0.717, 1.165) is 24.8 Å². The quantitative estimate of drug-likeness (QED) is 0.592. The summed E-state index contributed by atoms with van der Waals surface area (Å²) < 4.78 is 23.3. The first kappa shape index (κ1) is 22.6. The van der Waals surface area contributed by atoms with Crippen LogP contribution in [0.1, 0.15) is 55.4 Å². The first-order valence-corrected chi connectivity index (χ1v) is 10.3. The van der Waals surface area contributed by atoms with E-state index in [0.29, 0.717) is 23.8 Å². The van der Waals surface area contributed by atoms with Crippen molar-refractivity contribution in [1.29, 1.82) is 0 Å². The van der Waals surface area contributed by atoms with Crippen LogP contribution in [0.5, 0.6) is 11.5 Å². The minimum Gasteiger partial charge on any atom is -0.493 e. The normalized spacial score (nSPS) is 15.9. The van der Waals surface area contributed by atoms with Crippen LogP contribution in [-0.2, 0) is 20.8 Å². The highest BCUT2D eigenvalue weighted by Gasteiger charge is 2.28. The van der Waals surface area contributed by atoms with E-state index in [4.69, 9.17) is 18.9 Å². The molecule has 0 bridgehead atoms. The predicted molar refractivity (Wildman–Crippen MR) is 113 cm³/mol. The molecule has 1 aromatic heterocycles. The molecule has 1 atom stereocenters. The van der Waals surface area contributed by atoms with Crippen molar-refractivity contribution in [2.45, 2.75) is 45.9 Å². The maximum Gasteiger partial charge on any atom is 0.361 e. The van der Waals surface area contributed by atoms with Gasteiger partial charge in [-0.05, 0) is 43.9 Å². The van der Waals surface area contributed by atoms with Crippen LogP contribution < -0.4 is 14.4 Å². The van der Waals surface area contributed by atoms with Gasteiger partial charge < -0.3 is 23.8 Å². The van der Waals surface area contributed by atoms with E-state index < -0.39 is 5.97 Å². The van der Waals surface area contributed by atoms with Crippen LogP contribution in [0.3, 0.4) is 0 Å². The third-order valence-electron chi connectivity index (χ3n) is 5.09. The molecule has 168 valence electrons. The Balaban J connectivity index is 1.98. The fraction of sp³-hybridized carbons (Fsp3) is 0.500. The topological polar surface area (TPSA) is 92.1 Å². The lowest BCUT2D eigenvalue weighted by molar-refractivity contribution is -0.116. The minimum absolute atomic E-state index is 0.0895. The van der Waals surface area contributed by atoms with Gasteiger partial charge in [0.05, 0.1) is 39.3 Å². The van der Waals surface area contributed by atoms with Gasteiger partial charge >= 0.3 is 5.97 Å². The fourth-order valence-electron chi connectivity index (χ4n) is 3.53. The smallest absolute Gasteiger partial charge is 0.361 e. The Labute approximate surface area is 181 Å². The third kappa shape index (κ3) is 5.16. The van der Waals surface area contributed by atoms with Crippen molar-refractivity contribution in [3.05, 3.63) is 35.7 Å². The molecule has 0 radical (unpaired) electrons. The highest BCUT2D eigenvalue weighted by molar-refractivity contribution is 6.00. The monoisotopic (exact) mass is 431 g/mol. The summed E-state index contributed by atoms with van der Waals surface area (Å²) in [5.74, 6) is 0.339. The summed E-state index contributed by atoms with van der Waals surface area (Å²) in [6.45, 7) is 4.24. The van der Waals surface area contributed by atoms with E-state index in [9.17, 15) is 9.59 Å². The minimum atomic E-state index is -0.578. The zero-order chi connectivity index (χ0) is 22.4. The van der Waals surface area contributed by atoms with Gasteiger partial charge in [-0.2, -0.15) is 5.10 Å². The molecule has 1 aliphatic heterocycles. The van der Waals surface area contributed by atoms with Gasteiger partial charge in [-0.25, -0.2) is 9.48 Å². The second-order valence-electron chi connectivity index (χ2n) is 7.18. The van der Waals surface area contributed by atoms with Crippen molar-refractivity contribution in [2.75, 3.05) is 32.3 Å². The summed E-state index contributed by atoms with van der Waals surface area (Å²) in [6.07, 6.45) is 4.21. The summed E-state index contributed by atoms with van der Waals surface area (Å²) >= 11 is 0. The molecule has 9 heteroatoms. The molecule has 1 saturated heterocycles. The van der Waals surface area contributed by atoms with Crippen LogP contribution in [0.25, 0.3) is 0 Å². The van der Waals surface area contributed by atoms with Gasteiger partial charge in [0.2, 0.25) is 5.91 Å². The van der Waals surface area contributed by atoms with Crippen molar-refractivity contribution < 1.29 is 28.5 Å². The highest BCUT2D eigenvalue weighted by atomic mass is 16.5. The molecule has 0 aliphatic carbocycles. The molecule has 1 fully saturated rings. The maximum atomic E-state index is 12.6. The summed E-state index contributed by atoms with van der Waals surface area (Å²) in [5, 5.41) is 4.44. The number of methoxy groups -OCH3 is 2. The number of rotatable bonds is 8. The van der Waals surface area contributed by atoms with Gasteiger partial charge in [-0.3, -0.25) is 4.79 Å². The van der Waals surface area contributed by atoms with Gasteiger partial charge in [-0.1, -0.05) is 6.07 Å². The van der Waals surface area contributed by atoms with E-state index in [1.165, 1.54) is 11.8 Å². The molecule has 9 nitrogen and oxygen atoms in total. The number of hydrogen-bond donors (Lipinski definition) is 0. The largest absolute Gasteiger partial charge is 0.493 e. The van der Waals surface area contributed by atoms with Crippen LogP contribution in [0.15, 0.2) is 24.4 Å². The Morgan fingerprint density at radius 3 is 2.61 bits per heavy atom. The molecule has 1 aromatic carbocycles. The second kappa shape index (κ2) is 10.3. The number of nitrogens with zero attached hydrogens (tertiary/aromatic N) is 3. The van der Waals surface area contributed by atoms with Crippen molar-refractivity contribution in [3.8, 4) is 11.5 Å². The van der Waals surface area contributed by atoms with Gasteiger partial charge in [-0.15, -0.1) is 0 Å². The Bertz CT molecular complexity index is 920. The number of ether oxygens (including phenoxy) is 4. The third-order valence-corrected chi connectivity index (χ3v) is 5.09. The summed E-state index contributed by atoms with van der Waals surface area (Å²) in [6, 6.07) is 5.42. The van der Waals surface area contributed by atoms with Crippen LogP contribution in [0.4, 0.5) is 5.69 Å². The fourth-order valence-corrected chi connectivity index (χ4v) is 3.53. The van der Waals surface area contributed by atoms with Crippen LogP contribution in [-0.4, -0.2) is 49.1 Å². The lowest BCUT2D eigenvalue weighted by Gasteiger charge is -2.23. The van der Waals surface area contributed by atoms with Crippen LogP contribution in [0.2, 0.25) is 0 Å². The number of esters is 1. The molecule has 1 amide bonds. The Morgan fingerprint density at radius 2 is 2.00 bits per heavy atom. The molecule has 0 saturated carbocycles. The van der Waals surface area contributed by atoms with Crippen molar-refractivity contribution in [1.82, 2.24) is 9.78 Å². The van der Waals surface area contributed by atoms with E-state index in [-0.39, 0.29) is 31.0 Å². The number of benzene rings is 1. The van der Waals surface area contributed by atoms with Crippen molar-refractivity contribution in [3.63, 3.8) is 0 Å². The number of carbonyl (C=O) groups excluding carboxylic acids is 2. The standard InChI is InChI=1S/C22H29N3O6/c1-5-30-22(27)21-17(14-25(23-21)20-8-6-7-11-31-20)24(15(2)26)13-16-9-10-18(28-3)19(12-16)29-4/h9-10,12,14,20H,5-8,11,13H2,1-4H3. The van der Waals surface area contributed by atoms with Crippen molar-refractivity contribution in [2.24, 2.45) is 0 Å². The van der Waals surface area contributed by atoms with Gasteiger partial charge in [0.25, 0.3) is 0 Å². The first-order valence-electron chi connectivity index (χ1n) is 10.3. The molecule has 2 aromatic rings. The average Bonchev–Trinajstić information content (AvgIpc) is 3.23. The predicted octanol–water partition coefficient (Wildman–Crippen LogP) is 3.33. The van der Waals surface area contributed by atoms with Crippen molar-refractivity contribution >= 4 is 17.6 Å². The molecule has 31 heavy (non-hydrogen) atoms. The van der Waals surface area contributed by atoms with E-state index >= 15 is 0 Å². The van der Waals surface area contributed by atoms with E-state index in [1.807, 2.05) is 6.07 Å². The number of anilines is 1. The van der Waals surface area contributed by atoms with Gasteiger partial charge in [0.15, 0.2) is 17.2 Å². The molecule has 0 spiro atoms. The van der Waals surface area contributed by atoms with E-state index in [2.05, 4.69) is 5.10 Å². The van der Waals surface area contributed by atoms with Gasteiger partial charge in [0.1, 0.15) is 6.23 Å². The molecule has 1 unspecified atom stereocenters. The molecule has 1 aliphatic rings. The summed E-state index contributed by atoms with van der Waals surface area (Å²) in [7, 11) is 3.12. The number of carbonyl (C=O) groups is 2. The summed E-state index contributed by atoms with van der Waals surface area (Å²) in [5.41, 5.74) is 1.28. The summed E-state index contributed by atoms with van der Waals surface area (Å²) in [4.78, 5) is 26.7. The molecule has 0 N–H and O–H groups in total. The highest BCUT2D eigenvalue weighted by Crippen LogP contribution is 2.31. The SMILES string of the molecule is CCOC(=O)c1nn(C2CCCCO2)cc1N(Cc1ccc(OC)c(OC)c1)C(C)=O. The lowest BCUT2D eigenvalue weighted by Crippen LogP contribution is -2.29. The number of aromatic nitrogens is 2. The Kier molecular flexibility index (Phi) is 7.51. The molecule has 3 rings (SSSR count). The second-order valence-corrected chi connectivity index (χ2v) is 7.18. The molecular weight excluding hydrogens is 402 g/mol. The number of amides is 1. The van der Waals surface area contributed by atoms with E-state index in [1.54, 1.807) is 44.2 Å². The Morgan fingerprint density at radius 1 is 1.23 bits per heavy atom. The lowest BCUT2D eigenvalue weighted by atomic mass is 10.1. The molecular formula is C22H29N3O6. The van der Waals surface area contributed by atoms with Crippen LogP contribution >= 0.6 is 0 Å². The zero-order valence-corrected chi connectivity index (χ0v) is 18.4. The molecule has 2 heterocycles. The Hall–Kier alpha value is -3.07. The van der Waals surface area contributed by atoms with Gasteiger partial charge in [0, 0.05) is 13.5 Å².